The molecule has 0 aliphatic heterocycles. The van der Waals surface area contributed by atoms with Crippen LogP contribution in [0.1, 0.15) is 25.7 Å². The molecule has 0 spiro atoms. The van der Waals surface area contributed by atoms with Gasteiger partial charge < -0.3 is 10.1 Å². The summed E-state index contributed by atoms with van der Waals surface area (Å²) in [6, 6.07) is 2.29. The van der Waals surface area contributed by atoms with E-state index in [1.54, 1.807) is 13.0 Å². The molecule has 10 heteroatoms. The maximum Gasteiger partial charge on any atom is 0.417 e. The number of esters is 1. The fraction of sp³-hybridized carbons (Fsp3) is 0.267. The predicted molar refractivity (Wildman–Crippen MR) is 87.0 cm³/mol. The molecule has 1 amide bonds. The number of nitrogens with zero attached hydrogens (tertiary/aromatic N) is 1. The number of hydrogen-bond acceptors (Lipinski definition) is 5. The summed E-state index contributed by atoms with van der Waals surface area (Å²) in [6.45, 7) is 2.96. The highest BCUT2D eigenvalue weighted by Gasteiger charge is 2.31. The summed E-state index contributed by atoms with van der Waals surface area (Å²) in [4.78, 5) is 28.8. The molecule has 5 nitrogen and oxygen atoms in total. The van der Waals surface area contributed by atoms with Gasteiger partial charge in [-0.2, -0.15) is 13.2 Å². The van der Waals surface area contributed by atoms with Crippen molar-refractivity contribution in [3.05, 3.63) is 44.2 Å². The number of nitrogens with one attached hydrogen (secondary N) is 1. The second-order valence-corrected chi connectivity index (χ2v) is 6.87. The minimum atomic E-state index is -4.59. The summed E-state index contributed by atoms with van der Waals surface area (Å²) in [5.74, 6) is -1.69. The van der Waals surface area contributed by atoms with E-state index in [0.717, 1.165) is 9.75 Å². The number of carbonyl (C=O) groups is 2. The van der Waals surface area contributed by atoms with Crippen LogP contribution in [0.3, 0.4) is 0 Å². The average molecular weight is 393 g/mol. The lowest BCUT2D eigenvalue weighted by molar-refractivity contribution is -0.137. The van der Waals surface area contributed by atoms with Crippen LogP contribution in [0.15, 0.2) is 18.3 Å². The van der Waals surface area contributed by atoms with Crippen LogP contribution in [-0.2, 0) is 15.7 Å². The Morgan fingerprint density at radius 3 is 2.52 bits per heavy atom. The first kappa shape index (κ1) is 19.2. The van der Waals surface area contributed by atoms with Gasteiger partial charge in [0.15, 0.2) is 12.4 Å². The molecule has 25 heavy (non-hydrogen) atoms. The molecule has 2 aromatic rings. The van der Waals surface area contributed by atoms with Gasteiger partial charge in [0.1, 0.15) is 0 Å². The van der Waals surface area contributed by atoms with Crippen molar-refractivity contribution in [3.63, 3.8) is 0 Å². The number of carbonyl (C=O) groups excluding carboxylic acids is 2. The highest BCUT2D eigenvalue weighted by atomic mass is 35.5. The van der Waals surface area contributed by atoms with E-state index in [0.29, 0.717) is 17.8 Å². The molecular weight excluding hydrogens is 381 g/mol. The Morgan fingerprint density at radius 2 is 2.00 bits per heavy atom. The molecule has 0 aromatic carbocycles. The third-order valence-electron chi connectivity index (χ3n) is 3.02. The Labute approximate surface area is 149 Å². The minimum Gasteiger partial charge on any atom is -0.452 e. The molecule has 0 radical (unpaired) electrons. The molecule has 0 aliphatic carbocycles. The van der Waals surface area contributed by atoms with Gasteiger partial charge in [-0.3, -0.25) is 4.79 Å². The molecule has 1 N–H and O–H groups in total. The zero-order chi connectivity index (χ0) is 18.8. The maximum absolute atomic E-state index is 12.5. The number of alkyl halides is 3. The summed E-state index contributed by atoms with van der Waals surface area (Å²) >= 11 is 7.10. The second kappa shape index (κ2) is 7.40. The third-order valence-corrected chi connectivity index (χ3v) is 4.28. The Bertz CT molecular complexity index is 821. The number of hydrogen-bond donors (Lipinski definition) is 1. The van der Waals surface area contributed by atoms with Crippen molar-refractivity contribution in [3.8, 4) is 0 Å². The molecule has 0 saturated heterocycles. The molecule has 134 valence electrons. The van der Waals surface area contributed by atoms with E-state index in [-0.39, 0.29) is 10.8 Å². The van der Waals surface area contributed by atoms with Crippen molar-refractivity contribution < 1.29 is 27.5 Å². The van der Waals surface area contributed by atoms with Crippen molar-refractivity contribution in [2.24, 2.45) is 0 Å². The van der Waals surface area contributed by atoms with Gasteiger partial charge in [0.25, 0.3) is 5.91 Å². The lowest BCUT2D eigenvalue weighted by Gasteiger charge is -2.10. The minimum absolute atomic E-state index is 0.252. The topological polar surface area (TPSA) is 68.3 Å². The molecule has 2 rings (SSSR count). The highest BCUT2D eigenvalue weighted by Crippen LogP contribution is 2.32. The Balaban J connectivity index is 1.96. The van der Waals surface area contributed by atoms with Crippen LogP contribution in [-0.4, -0.2) is 23.5 Å². The van der Waals surface area contributed by atoms with Crippen molar-refractivity contribution in [1.82, 2.24) is 4.98 Å². The second-order valence-electron chi connectivity index (χ2n) is 5.00. The van der Waals surface area contributed by atoms with Gasteiger partial charge >= 0.3 is 12.1 Å². The van der Waals surface area contributed by atoms with E-state index in [4.69, 9.17) is 16.3 Å². The van der Waals surface area contributed by atoms with Crippen LogP contribution in [0.4, 0.5) is 19.0 Å². The molecule has 0 saturated carbocycles. The summed E-state index contributed by atoms with van der Waals surface area (Å²) < 4.78 is 42.5. The largest absolute Gasteiger partial charge is 0.452 e. The van der Waals surface area contributed by atoms with Crippen LogP contribution in [0.5, 0.6) is 0 Å². The zero-order valence-electron chi connectivity index (χ0n) is 13.0. The molecular formula is C15H12ClF3N2O3S. The van der Waals surface area contributed by atoms with Crippen LogP contribution >= 0.6 is 22.9 Å². The van der Waals surface area contributed by atoms with Crippen molar-refractivity contribution in [2.75, 3.05) is 11.9 Å². The Hall–Kier alpha value is -2.13. The van der Waals surface area contributed by atoms with E-state index in [2.05, 4.69) is 10.3 Å². The van der Waals surface area contributed by atoms with Crippen molar-refractivity contribution in [2.45, 2.75) is 20.0 Å². The van der Waals surface area contributed by atoms with Gasteiger partial charge in [-0.1, -0.05) is 11.6 Å². The maximum atomic E-state index is 12.5. The fourth-order valence-corrected chi connectivity index (χ4v) is 3.02. The van der Waals surface area contributed by atoms with Gasteiger partial charge in [-0.25, -0.2) is 9.78 Å². The number of aryl methyl sites for hydroxylation is 2. The summed E-state index contributed by atoms with van der Waals surface area (Å²) in [5, 5.41) is 1.82. The SMILES string of the molecule is Cc1cc(C(=O)OCC(=O)Nc2ncc(C(F)(F)F)cc2Cl)c(C)s1. The Morgan fingerprint density at radius 1 is 1.32 bits per heavy atom. The smallest absolute Gasteiger partial charge is 0.417 e. The van der Waals surface area contributed by atoms with Gasteiger partial charge in [-0.15, -0.1) is 11.3 Å². The molecule has 0 atom stereocenters. The lowest BCUT2D eigenvalue weighted by atomic mass is 10.2. The van der Waals surface area contributed by atoms with E-state index in [1.807, 2.05) is 6.92 Å². The number of halogens is 4. The standard InChI is InChI=1S/C15H12ClF3N2O3S/c1-7-3-10(8(2)25-7)14(23)24-6-12(22)21-13-11(16)4-9(5-20-13)15(17,18)19/h3-5H,6H2,1-2H3,(H,20,21,22). The summed E-state index contributed by atoms with van der Waals surface area (Å²) in [5.41, 5.74) is -0.675. The Kier molecular flexibility index (Phi) is 5.69. The third kappa shape index (κ3) is 4.93. The fourth-order valence-electron chi connectivity index (χ4n) is 1.90. The average Bonchev–Trinajstić information content (AvgIpc) is 2.84. The van der Waals surface area contributed by atoms with Gasteiger partial charge in [0, 0.05) is 16.0 Å². The number of ether oxygens (including phenoxy) is 1. The van der Waals surface area contributed by atoms with Crippen LogP contribution in [0, 0.1) is 13.8 Å². The highest BCUT2D eigenvalue weighted by molar-refractivity contribution is 7.12. The van der Waals surface area contributed by atoms with Crippen LogP contribution in [0.25, 0.3) is 0 Å². The number of thiophene rings is 1. The van der Waals surface area contributed by atoms with Crippen molar-refractivity contribution >= 4 is 40.6 Å². The van der Waals surface area contributed by atoms with E-state index in [1.165, 1.54) is 11.3 Å². The first-order valence-corrected chi connectivity index (χ1v) is 8.04. The summed E-state index contributed by atoms with van der Waals surface area (Å²) in [7, 11) is 0. The molecule has 2 aromatic heterocycles. The van der Waals surface area contributed by atoms with E-state index < -0.39 is 30.2 Å². The monoisotopic (exact) mass is 392 g/mol. The van der Waals surface area contributed by atoms with Gasteiger partial charge in [0.2, 0.25) is 0 Å². The summed E-state index contributed by atoms with van der Waals surface area (Å²) in [6.07, 6.45) is -4.05. The lowest BCUT2D eigenvalue weighted by Crippen LogP contribution is -2.22. The van der Waals surface area contributed by atoms with Gasteiger partial charge in [0.05, 0.1) is 16.1 Å². The molecule has 0 unspecified atom stereocenters. The van der Waals surface area contributed by atoms with Gasteiger partial charge in [-0.05, 0) is 26.0 Å². The van der Waals surface area contributed by atoms with Crippen LogP contribution in [0.2, 0.25) is 5.02 Å². The number of aromatic nitrogens is 1. The first-order valence-electron chi connectivity index (χ1n) is 6.84. The normalized spacial score (nSPS) is 11.3. The van der Waals surface area contributed by atoms with E-state index in [9.17, 15) is 22.8 Å². The number of amides is 1. The van der Waals surface area contributed by atoms with Crippen LogP contribution < -0.4 is 5.32 Å². The number of pyridine rings is 1. The predicted octanol–water partition coefficient (Wildman–Crippen LogP) is 4.23. The first-order chi connectivity index (χ1) is 11.6. The molecule has 2 heterocycles. The number of anilines is 1. The number of rotatable bonds is 4. The van der Waals surface area contributed by atoms with Crippen molar-refractivity contribution in [1.29, 1.82) is 0 Å². The quantitative estimate of drug-likeness (QED) is 0.791. The van der Waals surface area contributed by atoms with E-state index >= 15 is 0 Å². The molecule has 0 aliphatic rings. The molecule has 0 bridgehead atoms. The molecule has 0 fully saturated rings. The zero-order valence-corrected chi connectivity index (χ0v) is 14.6.